The van der Waals surface area contributed by atoms with E-state index in [1.807, 2.05) is 12.4 Å². The molecule has 0 saturated carbocycles. The Labute approximate surface area is 226 Å². The van der Waals surface area contributed by atoms with Crippen LogP contribution in [0.2, 0.25) is 0 Å². The number of aromatic hydroxyl groups is 1. The standard InChI is InChI=1S/C30H42N4O4/c1-4-21-16-32-29(33-17-21)34-13-11-22(12-14-34)20-38-26-8-5-23(6-9-26)24-7-10-27(30(2,3)15-24)28(37)31-18-25(36)19-35/h5-9,16-17,22,25,27,35-36H,4,10-15,18-20H2,1-3H3,(H,31,37)/p+2/t25-,27?/m1/s1. The quantitative estimate of drug-likeness (QED) is 0.411. The number of amides is 1. The van der Waals surface area contributed by atoms with Gasteiger partial charge in [-0.2, -0.15) is 0 Å². The summed E-state index contributed by atoms with van der Waals surface area (Å²) >= 11 is 0. The van der Waals surface area contributed by atoms with Crippen molar-refractivity contribution in [1.82, 2.24) is 9.97 Å². The van der Waals surface area contributed by atoms with Gasteiger partial charge in [0.1, 0.15) is 12.6 Å². The lowest BCUT2D eigenvalue weighted by atomic mass is 9.67. The molecule has 5 N–H and O–H groups in total. The Hall–Kier alpha value is -2.81. The molecule has 4 rings (SSSR count). The number of carbonyl (C=O) groups excluding carboxylic acids is 1. The third-order valence-electron chi connectivity index (χ3n) is 8.10. The van der Waals surface area contributed by atoms with Gasteiger partial charge in [-0.15, -0.1) is 0 Å². The number of aryl methyl sites for hydroxylation is 1. The number of benzene rings is 1. The zero-order valence-corrected chi connectivity index (χ0v) is 23.0. The highest BCUT2D eigenvalue weighted by Crippen LogP contribution is 2.43. The van der Waals surface area contributed by atoms with Crippen LogP contribution in [-0.4, -0.2) is 69.8 Å². The highest BCUT2D eigenvalue weighted by Gasteiger charge is 2.40. The summed E-state index contributed by atoms with van der Waals surface area (Å²) in [4.78, 5) is 24.1. The predicted molar refractivity (Wildman–Crippen MR) is 149 cm³/mol. The Morgan fingerprint density at radius 1 is 1.18 bits per heavy atom. The second-order valence-corrected chi connectivity index (χ2v) is 11.4. The van der Waals surface area contributed by atoms with E-state index >= 15 is 0 Å². The van der Waals surface area contributed by atoms with Crippen LogP contribution in [0.5, 0.6) is 5.75 Å². The number of ether oxygens (including phenoxy) is 1. The molecule has 1 aliphatic heterocycles. The van der Waals surface area contributed by atoms with Gasteiger partial charge in [0.05, 0.1) is 12.5 Å². The molecule has 206 valence electrons. The molecule has 1 aliphatic carbocycles. The minimum atomic E-state index is -0.869. The number of quaternary nitrogens is 1. The number of primary amides is 1. The Morgan fingerprint density at radius 2 is 1.87 bits per heavy atom. The number of nitrogens with two attached hydrogens (primary N) is 1. The van der Waals surface area contributed by atoms with E-state index in [1.54, 1.807) is 5.32 Å². The van der Waals surface area contributed by atoms with Crippen molar-refractivity contribution >= 4 is 17.4 Å². The molecular formula is C30H44N4O4+2. The third kappa shape index (κ3) is 7.18. The lowest BCUT2D eigenvalue weighted by molar-refractivity contribution is -0.581. The lowest BCUT2D eigenvalue weighted by Crippen LogP contribution is -2.92. The summed E-state index contributed by atoms with van der Waals surface area (Å²) in [6.45, 7) is 9.04. The van der Waals surface area contributed by atoms with Gasteiger partial charge in [-0.25, -0.2) is 14.8 Å². The first-order valence-corrected chi connectivity index (χ1v) is 14.0. The van der Waals surface area contributed by atoms with Gasteiger partial charge in [0.25, 0.3) is 5.75 Å². The number of hydrogen-bond donors (Lipinski definition) is 3. The summed E-state index contributed by atoms with van der Waals surface area (Å²) in [6, 6.07) is 8.49. The number of rotatable bonds is 10. The highest BCUT2D eigenvalue weighted by atomic mass is 16.5. The normalized spacial score (nSPS) is 20.6. The first-order valence-electron chi connectivity index (χ1n) is 14.0. The van der Waals surface area contributed by atoms with Crippen LogP contribution in [0.4, 0.5) is 5.95 Å². The first-order chi connectivity index (χ1) is 18.3. The molecule has 2 aliphatic rings. The van der Waals surface area contributed by atoms with E-state index in [4.69, 9.17) is 9.84 Å². The topological polar surface area (TPSA) is 116 Å². The number of anilines is 1. The number of aromatic nitrogens is 2. The van der Waals surface area contributed by atoms with E-state index in [2.05, 4.69) is 66.0 Å². The lowest BCUT2D eigenvalue weighted by Gasteiger charge is -2.36. The Bertz CT molecular complexity index is 1080. The van der Waals surface area contributed by atoms with Crippen LogP contribution in [-0.2, 0) is 11.2 Å². The molecule has 8 heteroatoms. The van der Waals surface area contributed by atoms with E-state index in [-0.39, 0.29) is 30.4 Å². The van der Waals surface area contributed by atoms with E-state index < -0.39 is 6.10 Å². The molecule has 2 aromatic rings. The van der Waals surface area contributed by atoms with Gasteiger partial charge in [0, 0.05) is 43.5 Å². The van der Waals surface area contributed by atoms with E-state index in [1.165, 1.54) is 16.7 Å². The smallest absolute Gasteiger partial charge is 0.314 e. The van der Waals surface area contributed by atoms with Gasteiger partial charge < -0.3 is 19.8 Å². The average molecular weight is 525 g/mol. The average Bonchev–Trinajstić information content (AvgIpc) is 2.94. The van der Waals surface area contributed by atoms with Gasteiger partial charge in [0.15, 0.2) is 6.61 Å². The summed E-state index contributed by atoms with van der Waals surface area (Å²) in [6.07, 6.45) is 9.83. The fourth-order valence-corrected chi connectivity index (χ4v) is 5.48. The highest BCUT2D eigenvalue weighted by molar-refractivity contribution is 5.75. The van der Waals surface area contributed by atoms with Crippen LogP contribution in [0.25, 0.3) is 5.57 Å². The van der Waals surface area contributed by atoms with Crippen molar-refractivity contribution in [3.8, 4) is 5.75 Å². The molecule has 1 aromatic carbocycles. The number of carbonyl (C=O) groups is 1. The molecule has 0 radical (unpaired) electrons. The van der Waals surface area contributed by atoms with Crippen molar-refractivity contribution in [3.05, 3.63) is 53.9 Å². The zero-order valence-electron chi connectivity index (χ0n) is 23.0. The van der Waals surface area contributed by atoms with Gasteiger partial charge in [-0.05, 0) is 66.4 Å². The Kier molecular flexibility index (Phi) is 9.52. The van der Waals surface area contributed by atoms with Gasteiger partial charge >= 0.3 is 5.91 Å². The van der Waals surface area contributed by atoms with Crippen LogP contribution >= 0.6 is 0 Å². The number of aliphatic hydroxyl groups is 3. The van der Waals surface area contributed by atoms with Crippen molar-refractivity contribution in [3.63, 3.8) is 0 Å². The molecule has 1 amide bonds. The van der Waals surface area contributed by atoms with E-state index in [9.17, 15) is 9.90 Å². The number of nitrogens with zero attached hydrogens (tertiary/aromatic N) is 3. The molecule has 38 heavy (non-hydrogen) atoms. The molecule has 1 fully saturated rings. The maximum absolute atomic E-state index is 12.7. The summed E-state index contributed by atoms with van der Waals surface area (Å²) in [5.41, 5.74) is 3.44. The number of hydrogen-bond acceptors (Lipinski definition) is 6. The fraction of sp³-hybridized carbons (Fsp3) is 0.567. The van der Waals surface area contributed by atoms with Crippen molar-refractivity contribution in [2.45, 2.75) is 59.0 Å². The largest absolute Gasteiger partial charge is 0.582 e. The van der Waals surface area contributed by atoms with Crippen LogP contribution in [0, 0.1) is 17.3 Å². The Morgan fingerprint density at radius 3 is 2.47 bits per heavy atom. The second-order valence-electron chi connectivity index (χ2n) is 11.4. The third-order valence-corrected chi connectivity index (χ3v) is 8.10. The molecule has 2 heterocycles. The predicted octanol–water partition coefficient (Wildman–Crippen LogP) is 2.46. The molecule has 1 aromatic heterocycles. The number of piperidine rings is 1. The number of aliphatic hydroxyl groups excluding tert-OH is 2. The summed E-state index contributed by atoms with van der Waals surface area (Å²) in [5.74, 6) is 2.37. The molecule has 2 atom stereocenters. The molecule has 0 spiro atoms. The fourth-order valence-electron chi connectivity index (χ4n) is 5.48. The number of allylic oxidation sites excluding steroid dienone is 2. The summed E-state index contributed by atoms with van der Waals surface area (Å²) in [5, 5.41) is 20.1. The SMILES string of the molecule is CCc1cnc(N2CCC(C[OH+]c3ccc(C4=CCC(C(=O)[NH2+]C[C@@H](O)CO)C(C)(C)C4)cc3)CC2)nc1. The van der Waals surface area contributed by atoms with Crippen molar-refractivity contribution in [2.75, 3.05) is 37.7 Å². The van der Waals surface area contributed by atoms with Crippen LogP contribution in [0.15, 0.2) is 42.7 Å². The van der Waals surface area contributed by atoms with Crippen molar-refractivity contribution in [2.24, 2.45) is 17.3 Å². The zero-order chi connectivity index (χ0) is 27.1. The molecule has 1 saturated heterocycles. The molecule has 8 nitrogen and oxygen atoms in total. The van der Waals surface area contributed by atoms with Crippen molar-refractivity contribution in [1.29, 1.82) is 0 Å². The second kappa shape index (κ2) is 12.8. The minimum absolute atomic E-state index is 0.0553. The van der Waals surface area contributed by atoms with Gasteiger partial charge in [0.2, 0.25) is 5.95 Å². The maximum Gasteiger partial charge on any atom is 0.314 e. The molecule has 0 bridgehead atoms. The van der Waals surface area contributed by atoms with Crippen molar-refractivity contribution < 1.29 is 25.1 Å². The minimum Gasteiger partial charge on any atom is -0.582 e. The Balaban J connectivity index is 1.25. The van der Waals surface area contributed by atoms with Crippen LogP contribution in [0.1, 0.15) is 57.6 Å². The van der Waals surface area contributed by atoms with Crippen LogP contribution < -0.4 is 10.2 Å². The summed E-state index contributed by atoms with van der Waals surface area (Å²) < 4.78 is 4.89. The maximum atomic E-state index is 12.7. The van der Waals surface area contributed by atoms with Gasteiger partial charge in [-0.3, -0.25) is 5.32 Å². The first kappa shape index (κ1) is 28.2. The van der Waals surface area contributed by atoms with E-state index in [0.29, 0.717) is 12.3 Å². The molecular weight excluding hydrogens is 480 g/mol. The van der Waals surface area contributed by atoms with E-state index in [0.717, 1.165) is 57.1 Å². The van der Waals surface area contributed by atoms with Crippen LogP contribution in [0.3, 0.4) is 0 Å². The van der Waals surface area contributed by atoms with Gasteiger partial charge in [-0.1, -0.05) is 26.8 Å². The monoisotopic (exact) mass is 524 g/mol. The summed E-state index contributed by atoms with van der Waals surface area (Å²) in [7, 11) is 0. The molecule has 1 unspecified atom stereocenters.